The van der Waals surface area contributed by atoms with Crippen LogP contribution in [0.15, 0.2) is 24.3 Å². The van der Waals surface area contributed by atoms with Gasteiger partial charge in [-0.05, 0) is 25.3 Å². The Hall–Kier alpha value is -1.84. The molecule has 0 radical (unpaired) electrons. The molecule has 1 rings (SSSR count). The van der Waals surface area contributed by atoms with Gasteiger partial charge >= 0.3 is 5.97 Å². The van der Waals surface area contributed by atoms with Crippen molar-refractivity contribution in [1.29, 1.82) is 0 Å². The number of carbonyl (C=O) groups excluding carboxylic acids is 1. The third kappa shape index (κ3) is 5.55. The van der Waals surface area contributed by atoms with Crippen molar-refractivity contribution in [3.63, 3.8) is 0 Å². The molecule has 2 atom stereocenters. The molecular formula is C15H21NO3. The lowest BCUT2D eigenvalue weighted by molar-refractivity contribution is -0.138. The second kappa shape index (κ2) is 6.92. The maximum Gasteiger partial charge on any atom is 0.303 e. The van der Waals surface area contributed by atoms with Crippen LogP contribution in [0.5, 0.6) is 0 Å². The van der Waals surface area contributed by atoms with Crippen molar-refractivity contribution >= 4 is 11.9 Å². The standard InChI is InChI=1S/C15H21NO3/c1-10-4-6-13(7-5-10)12(3)16-14(17)8-11(2)9-15(18)19/h4-7,11-12H,8-9H2,1-3H3,(H,16,17)(H,18,19)/t11?,12-/m0/s1. The third-order valence-electron chi connectivity index (χ3n) is 3.01. The number of aryl methyl sites for hydroxylation is 1. The van der Waals surface area contributed by atoms with Crippen LogP contribution in [0.3, 0.4) is 0 Å². The summed E-state index contributed by atoms with van der Waals surface area (Å²) in [6, 6.07) is 7.92. The van der Waals surface area contributed by atoms with Gasteiger partial charge in [0.05, 0.1) is 6.04 Å². The Labute approximate surface area is 113 Å². The predicted octanol–water partition coefficient (Wildman–Crippen LogP) is 2.67. The van der Waals surface area contributed by atoms with Gasteiger partial charge in [0.25, 0.3) is 0 Å². The van der Waals surface area contributed by atoms with Gasteiger partial charge < -0.3 is 10.4 Å². The minimum Gasteiger partial charge on any atom is -0.481 e. The highest BCUT2D eigenvalue weighted by molar-refractivity contribution is 5.77. The Morgan fingerprint density at radius 3 is 2.26 bits per heavy atom. The molecule has 0 spiro atoms. The van der Waals surface area contributed by atoms with Crippen LogP contribution in [0, 0.1) is 12.8 Å². The first kappa shape index (κ1) is 15.2. The number of hydrogen-bond donors (Lipinski definition) is 2. The number of benzene rings is 1. The van der Waals surface area contributed by atoms with Crippen molar-refractivity contribution in [2.24, 2.45) is 5.92 Å². The van der Waals surface area contributed by atoms with Crippen LogP contribution in [0.2, 0.25) is 0 Å². The summed E-state index contributed by atoms with van der Waals surface area (Å²) in [6.07, 6.45) is 0.259. The average Bonchev–Trinajstić information content (AvgIpc) is 2.27. The van der Waals surface area contributed by atoms with Crippen LogP contribution in [0.4, 0.5) is 0 Å². The zero-order chi connectivity index (χ0) is 14.4. The van der Waals surface area contributed by atoms with Gasteiger partial charge in [0.1, 0.15) is 0 Å². The van der Waals surface area contributed by atoms with Crippen molar-refractivity contribution in [3.8, 4) is 0 Å². The second-order valence-corrected chi connectivity index (χ2v) is 5.11. The van der Waals surface area contributed by atoms with E-state index in [2.05, 4.69) is 5.32 Å². The summed E-state index contributed by atoms with van der Waals surface area (Å²) < 4.78 is 0. The van der Waals surface area contributed by atoms with Crippen LogP contribution < -0.4 is 5.32 Å². The number of carboxylic acid groups (broad SMARTS) is 1. The van der Waals surface area contributed by atoms with E-state index in [0.29, 0.717) is 0 Å². The van der Waals surface area contributed by atoms with Crippen molar-refractivity contribution in [1.82, 2.24) is 5.32 Å². The zero-order valence-corrected chi connectivity index (χ0v) is 11.6. The maximum absolute atomic E-state index is 11.8. The molecule has 0 aliphatic carbocycles. The van der Waals surface area contributed by atoms with Crippen LogP contribution in [-0.4, -0.2) is 17.0 Å². The van der Waals surface area contributed by atoms with Gasteiger partial charge in [-0.2, -0.15) is 0 Å². The van der Waals surface area contributed by atoms with E-state index in [9.17, 15) is 9.59 Å². The van der Waals surface area contributed by atoms with E-state index >= 15 is 0 Å². The number of carboxylic acids is 1. The smallest absolute Gasteiger partial charge is 0.303 e. The third-order valence-corrected chi connectivity index (χ3v) is 3.01. The van der Waals surface area contributed by atoms with Gasteiger partial charge in [-0.15, -0.1) is 0 Å². The normalized spacial score (nSPS) is 13.6. The molecule has 0 saturated carbocycles. The molecule has 1 amide bonds. The summed E-state index contributed by atoms with van der Waals surface area (Å²) in [4.78, 5) is 22.3. The molecule has 0 saturated heterocycles. The largest absolute Gasteiger partial charge is 0.481 e. The van der Waals surface area contributed by atoms with Gasteiger partial charge in [-0.25, -0.2) is 0 Å². The minimum absolute atomic E-state index is 0.0202. The summed E-state index contributed by atoms with van der Waals surface area (Å²) in [5.41, 5.74) is 2.22. The molecule has 2 N–H and O–H groups in total. The number of hydrogen-bond acceptors (Lipinski definition) is 2. The second-order valence-electron chi connectivity index (χ2n) is 5.11. The fraction of sp³-hybridized carbons (Fsp3) is 0.467. The van der Waals surface area contributed by atoms with Gasteiger partial charge in [0.15, 0.2) is 0 Å². The molecule has 4 heteroatoms. The summed E-state index contributed by atoms with van der Waals surface area (Å²) in [7, 11) is 0. The van der Waals surface area contributed by atoms with Crippen molar-refractivity contribution < 1.29 is 14.7 Å². The molecule has 0 aromatic heterocycles. The summed E-state index contributed by atoms with van der Waals surface area (Å²) in [6.45, 7) is 5.70. The van der Waals surface area contributed by atoms with E-state index in [-0.39, 0.29) is 30.7 Å². The molecular weight excluding hydrogens is 242 g/mol. The van der Waals surface area contributed by atoms with E-state index in [4.69, 9.17) is 5.11 Å². The van der Waals surface area contributed by atoms with Crippen LogP contribution >= 0.6 is 0 Å². The van der Waals surface area contributed by atoms with Gasteiger partial charge in [0.2, 0.25) is 5.91 Å². The summed E-state index contributed by atoms with van der Waals surface area (Å²) >= 11 is 0. The van der Waals surface area contributed by atoms with Crippen LogP contribution in [-0.2, 0) is 9.59 Å². The molecule has 0 heterocycles. The lowest BCUT2D eigenvalue weighted by Gasteiger charge is -2.16. The van der Waals surface area contributed by atoms with E-state index in [0.717, 1.165) is 5.56 Å². The monoisotopic (exact) mass is 263 g/mol. The fourth-order valence-corrected chi connectivity index (χ4v) is 1.93. The van der Waals surface area contributed by atoms with Gasteiger partial charge in [-0.1, -0.05) is 36.8 Å². The van der Waals surface area contributed by atoms with Crippen LogP contribution in [0.1, 0.15) is 43.9 Å². The quantitative estimate of drug-likeness (QED) is 0.829. The van der Waals surface area contributed by atoms with Crippen molar-refractivity contribution in [2.45, 2.75) is 39.7 Å². The van der Waals surface area contributed by atoms with Crippen molar-refractivity contribution in [2.75, 3.05) is 0 Å². The Kier molecular flexibility index (Phi) is 5.55. The Morgan fingerprint density at radius 2 is 1.74 bits per heavy atom. The molecule has 19 heavy (non-hydrogen) atoms. The highest BCUT2D eigenvalue weighted by atomic mass is 16.4. The van der Waals surface area contributed by atoms with Crippen LogP contribution in [0.25, 0.3) is 0 Å². The Balaban J connectivity index is 2.47. The number of aliphatic carboxylic acids is 1. The number of carbonyl (C=O) groups is 2. The number of rotatable bonds is 6. The maximum atomic E-state index is 11.8. The van der Waals surface area contributed by atoms with Gasteiger partial charge in [-0.3, -0.25) is 9.59 Å². The lowest BCUT2D eigenvalue weighted by atomic mass is 10.0. The van der Waals surface area contributed by atoms with Crippen molar-refractivity contribution in [3.05, 3.63) is 35.4 Å². The minimum atomic E-state index is -0.869. The van der Waals surface area contributed by atoms with E-state index in [1.165, 1.54) is 5.56 Å². The molecule has 1 unspecified atom stereocenters. The predicted molar refractivity (Wildman–Crippen MR) is 73.8 cm³/mol. The molecule has 0 bridgehead atoms. The van der Waals surface area contributed by atoms with E-state index < -0.39 is 5.97 Å². The molecule has 0 aliphatic heterocycles. The van der Waals surface area contributed by atoms with E-state index in [1.54, 1.807) is 6.92 Å². The number of nitrogens with one attached hydrogen (secondary N) is 1. The highest BCUT2D eigenvalue weighted by Gasteiger charge is 2.14. The first-order valence-corrected chi connectivity index (χ1v) is 6.46. The van der Waals surface area contributed by atoms with Gasteiger partial charge in [0, 0.05) is 12.8 Å². The molecule has 4 nitrogen and oxygen atoms in total. The topological polar surface area (TPSA) is 66.4 Å². The molecule has 0 aliphatic rings. The Morgan fingerprint density at radius 1 is 1.16 bits per heavy atom. The molecule has 104 valence electrons. The summed E-state index contributed by atoms with van der Waals surface area (Å²) in [5, 5.41) is 11.5. The molecule has 0 fully saturated rings. The number of amides is 1. The van der Waals surface area contributed by atoms with E-state index in [1.807, 2.05) is 38.1 Å². The SMILES string of the molecule is Cc1ccc([C@H](C)NC(=O)CC(C)CC(=O)O)cc1. The lowest BCUT2D eigenvalue weighted by Crippen LogP contribution is -2.28. The Bertz CT molecular complexity index is 439. The molecule has 1 aromatic carbocycles. The zero-order valence-electron chi connectivity index (χ0n) is 11.6. The fourth-order valence-electron chi connectivity index (χ4n) is 1.93. The highest BCUT2D eigenvalue weighted by Crippen LogP contribution is 2.14. The first-order valence-electron chi connectivity index (χ1n) is 6.46. The summed E-state index contributed by atoms with van der Waals surface area (Å²) in [5.74, 6) is -1.13. The average molecular weight is 263 g/mol. The molecule has 1 aromatic rings. The first-order chi connectivity index (χ1) is 8.88.